The first kappa shape index (κ1) is 25.2. The van der Waals surface area contributed by atoms with Gasteiger partial charge in [-0.15, -0.1) is 24.0 Å². The van der Waals surface area contributed by atoms with Gasteiger partial charge >= 0.3 is 0 Å². The van der Waals surface area contributed by atoms with Crippen LogP contribution in [0, 0.1) is 0 Å². The van der Waals surface area contributed by atoms with Gasteiger partial charge in [-0.2, -0.15) is 5.10 Å². The molecule has 1 aromatic heterocycles. The lowest BCUT2D eigenvalue weighted by Crippen LogP contribution is -2.41. The van der Waals surface area contributed by atoms with Gasteiger partial charge in [0.1, 0.15) is 0 Å². The van der Waals surface area contributed by atoms with E-state index in [0.717, 1.165) is 11.3 Å². The van der Waals surface area contributed by atoms with Crippen LogP contribution in [0.1, 0.15) is 51.8 Å². The molecule has 0 bridgehead atoms. The minimum absolute atomic E-state index is 0. The third-order valence-corrected chi connectivity index (χ3v) is 6.34. The second-order valence-electron chi connectivity index (χ2n) is 7.43. The van der Waals surface area contributed by atoms with Crippen molar-refractivity contribution >= 4 is 39.8 Å². The third-order valence-electron chi connectivity index (χ3n) is 4.20. The van der Waals surface area contributed by atoms with Gasteiger partial charge < -0.3 is 10.2 Å². The van der Waals surface area contributed by atoms with Crippen LogP contribution in [0.25, 0.3) is 0 Å². The van der Waals surface area contributed by atoms with E-state index in [2.05, 4.69) is 29.3 Å². The Morgan fingerprint density at radius 2 is 2.00 bits per heavy atom. The molecule has 152 valence electrons. The average Bonchev–Trinajstić information content (AvgIpc) is 2.83. The number of sulfone groups is 1. The number of nitrogens with one attached hydrogen (secondary N) is 1. The number of aryl methyl sites for hydroxylation is 1. The van der Waals surface area contributed by atoms with Crippen LogP contribution in [-0.2, 0) is 23.4 Å². The summed E-state index contributed by atoms with van der Waals surface area (Å²) in [5, 5.41) is 7.77. The highest BCUT2D eigenvalue weighted by Gasteiger charge is 2.30. The smallest absolute Gasteiger partial charge is 0.194 e. The van der Waals surface area contributed by atoms with E-state index < -0.39 is 14.6 Å². The lowest BCUT2D eigenvalue weighted by molar-refractivity contribution is 0.470. The van der Waals surface area contributed by atoms with Crippen molar-refractivity contribution in [2.75, 3.05) is 26.4 Å². The summed E-state index contributed by atoms with van der Waals surface area (Å²) in [5.41, 5.74) is 2.22. The van der Waals surface area contributed by atoms with Crippen molar-refractivity contribution in [1.82, 2.24) is 20.0 Å². The summed E-state index contributed by atoms with van der Waals surface area (Å²) in [5.74, 6) is 1.03. The molecule has 0 aliphatic carbocycles. The van der Waals surface area contributed by atoms with Gasteiger partial charge in [-0.05, 0) is 26.7 Å². The van der Waals surface area contributed by atoms with Crippen LogP contribution >= 0.6 is 24.0 Å². The Kier molecular flexibility index (Phi) is 9.59. The topological polar surface area (TPSA) is 79.6 Å². The second-order valence-corrected chi connectivity index (χ2v) is 10.1. The van der Waals surface area contributed by atoms with E-state index in [0.29, 0.717) is 25.0 Å². The first-order valence-corrected chi connectivity index (χ1v) is 10.5. The molecule has 0 aliphatic rings. The molecule has 0 amide bonds. The molecule has 0 atom stereocenters. The number of guanidine groups is 1. The number of aliphatic imine (C=N–C) groups is 1. The van der Waals surface area contributed by atoms with Gasteiger partial charge in [0.2, 0.25) is 0 Å². The van der Waals surface area contributed by atoms with Crippen molar-refractivity contribution in [3.63, 3.8) is 0 Å². The number of rotatable bonds is 7. The van der Waals surface area contributed by atoms with Gasteiger partial charge in [-0.3, -0.25) is 9.67 Å². The largest absolute Gasteiger partial charge is 0.357 e. The molecule has 1 heterocycles. The maximum absolute atomic E-state index is 11.9. The predicted octanol–water partition coefficient (Wildman–Crippen LogP) is 2.38. The normalized spacial score (nSPS) is 12.9. The molecular formula is C17H34IN5O2S. The monoisotopic (exact) mass is 499 g/mol. The predicted molar refractivity (Wildman–Crippen MR) is 119 cm³/mol. The maximum atomic E-state index is 11.9. The lowest BCUT2D eigenvalue weighted by Gasteiger charge is -2.25. The van der Waals surface area contributed by atoms with Crippen molar-refractivity contribution in [2.24, 2.45) is 12.0 Å². The first-order valence-electron chi connectivity index (χ1n) is 8.60. The minimum Gasteiger partial charge on any atom is -0.357 e. The lowest BCUT2D eigenvalue weighted by atomic mass is 10.1. The number of halogens is 1. The van der Waals surface area contributed by atoms with Gasteiger partial charge in [0.15, 0.2) is 15.8 Å². The molecule has 26 heavy (non-hydrogen) atoms. The molecule has 0 unspecified atom stereocenters. The summed E-state index contributed by atoms with van der Waals surface area (Å²) in [6, 6.07) is 0. The Balaban J connectivity index is 0.00000625. The highest BCUT2D eigenvalue weighted by atomic mass is 127. The summed E-state index contributed by atoms with van der Waals surface area (Å²) in [6.07, 6.45) is 3.28. The van der Waals surface area contributed by atoms with Crippen molar-refractivity contribution in [3.05, 3.63) is 17.5 Å². The van der Waals surface area contributed by atoms with Crippen molar-refractivity contribution in [3.8, 4) is 0 Å². The summed E-state index contributed by atoms with van der Waals surface area (Å²) < 4.78 is 24.7. The quantitative estimate of drug-likeness (QED) is 0.354. The molecule has 0 saturated heterocycles. The number of nitrogens with zero attached hydrogens (tertiary/aromatic N) is 4. The zero-order chi connectivity index (χ0) is 19.4. The van der Waals surface area contributed by atoms with Gasteiger partial charge in [0.25, 0.3) is 0 Å². The fraction of sp³-hybridized carbons (Fsp3) is 0.765. The zero-order valence-corrected chi connectivity index (χ0v) is 20.3. The van der Waals surface area contributed by atoms with Crippen molar-refractivity contribution in [1.29, 1.82) is 0 Å². The van der Waals surface area contributed by atoms with Crippen LogP contribution in [0.15, 0.2) is 11.2 Å². The van der Waals surface area contributed by atoms with Gasteiger partial charge in [-0.1, -0.05) is 13.8 Å². The van der Waals surface area contributed by atoms with Crippen LogP contribution < -0.4 is 5.32 Å². The van der Waals surface area contributed by atoms with E-state index in [4.69, 9.17) is 0 Å². The standard InChI is InChI=1S/C17H33N5O2S.HI/c1-9-18-16(19-12-17(4,5)25(8,23)24)21(6)10-14-11-22(7)20-15(14)13(2)3;/h11,13H,9-10,12H2,1-8H3,(H,18,19);1H. The maximum Gasteiger partial charge on any atom is 0.194 e. The molecular weight excluding hydrogens is 465 g/mol. The Morgan fingerprint density at radius 1 is 1.42 bits per heavy atom. The van der Waals surface area contributed by atoms with E-state index in [-0.39, 0.29) is 30.5 Å². The van der Waals surface area contributed by atoms with Crippen LogP contribution in [0.5, 0.6) is 0 Å². The molecule has 0 aliphatic heterocycles. The Hall–Kier alpha value is -0.840. The summed E-state index contributed by atoms with van der Waals surface area (Å²) >= 11 is 0. The van der Waals surface area contributed by atoms with Crippen molar-refractivity contribution < 1.29 is 8.42 Å². The fourth-order valence-electron chi connectivity index (χ4n) is 2.35. The van der Waals surface area contributed by atoms with Gasteiger partial charge in [-0.25, -0.2) is 8.42 Å². The molecule has 1 rings (SSSR count). The summed E-state index contributed by atoms with van der Waals surface area (Å²) in [7, 11) is 0.691. The van der Waals surface area contributed by atoms with E-state index in [9.17, 15) is 8.42 Å². The third kappa shape index (κ3) is 6.71. The Morgan fingerprint density at radius 3 is 2.46 bits per heavy atom. The molecule has 0 radical (unpaired) electrons. The number of aromatic nitrogens is 2. The zero-order valence-electron chi connectivity index (χ0n) is 17.2. The van der Waals surface area contributed by atoms with Crippen LogP contribution in [0.3, 0.4) is 0 Å². The fourth-order valence-corrected chi connectivity index (χ4v) is 2.64. The molecule has 7 nitrogen and oxygen atoms in total. The highest BCUT2D eigenvalue weighted by Crippen LogP contribution is 2.19. The molecule has 9 heteroatoms. The van der Waals surface area contributed by atoms with E-state index in [1.165, 1.54) is 6.26 Å². The molecule has 1 N–H and O–H groups in total. The SMILES string of the molecule is CCNC(=NCC(C)(C)S(C)(=O)=O)N(C)Cc1cn(C)nc1C(C)C.I. The van der Waals surface area contributed by atoms with Crippen LogP contribution in [-0.4, -0.2) is 60.2 Å². The number of hydrogen-bond acceptors (Lipinski definition) is 4. The van der Waals surface area contributed by atoms with Gasteiger partial charge in [0, 0.05) is 45.2 Å². The highest BCUT2D eigenvalue weighted by molar-refractivity contribution is 14.0. The average molecular weight is 499 g/mol. The van der Waals surface area contributed by atoms with E-state index in [1.807, 2.05) is 36.8 Å². The van der Waals surface area contributed by atoms with E-state index in [1.54, 1.807) is 13.8 Å². The second kappa shape index (κ2) is 9.91. The Bertz CT molecular complexity index is 711. The summed E-state index contributed by atoms with van der Waals surface area (Å²) in [6.45, 7) is 11.2. The molecule has 0 spiro atoms. The first-order chi connectivity index (χ1) is 11.4. The molecule has 0 fully saturated rings. The molecule has 0 aromatic carbocycles. The van der Waals surface area contributed by atoms with Gasteiger partial charge in [0.05, 0.1) is 17.0 Å². The minimum atomic E-state index is -3.18. The Labute approximate surface area is 175 Å². The molecule has 0 saturated carbocycles. The van der Waals surface area contributed by atoms with Crippen LogP contribution in [0.2, 0.25) is 0 Å². The van der Waals surface area contributed by atoms with E-state index >= 15 is 0 Å². The molecule has 1 aromatic rings. The van der Waals surface area contributed by atoms with Crippen molar-refractivity contribution in [2.45, 2.75) is 51.8 Å². The van der Waals surface area contributed by atoms with Crippen LogP contribution in [0.4, 0.5) is 0 Å². The number of hydrogen-bond donors (Lipinski definition) is 1. The summed E-state index contributed by atoms with van der Waals surface area (Å²) in [4.78, 5) is 6.56.